The van der Waals surface area contributed by atoms with Crippen molar-refractivity contribution in [3.63, 3.8) is 0 Å². The Hall–Kier alpha value is -2.83. The van der Waals surface area contributed by atoms with Gasteiger partial charge in [0.1, 0.15) is 4.90 Å². The molecule has 0 heterocycles. The number of benzene rings is 3. The van der Waals surface area contributed by atoms with E-state index in [1.54, 1.807) is 30.3 Å². The van der Waals surface area contributed by atoms with Crippen molar-refractivity contribution < 1.29 is 13.2 Å². The van der Waals surface area contributed by atoms with E-state index in [4.69, 9.17) is 11.6 Å². The molecule has 29 heavy (non-hydrogen) atoms. The van der Waals surface area contributed by atoms with Gasteiger partial charge in [0.15, 0.2) is 0 Å². The zero-order chi connectivity index (χ0) is 20.9. The second kappa shape index (κ2) is 9.11. The van der Waals surface area contributed by atoms with E-state index in [1.165, 1.54) is 18.2 Å². The first-order chi connectivity index (χ1) is 13.9. The molecule has 0 saturated carbocycles. The van der Waals surface area contributed by atoms with Gasteiger partial charge >= 0.3 is 0 Å². The largest absolute Gasteiger partial charge is 0.351 e. The van der Waals surface area contributed by atoms with Crippen LogP contribution in [0.15, 0.2) is 83.8 Å². The van der Waals surface area contributed by atoms with Crippen LogP contribution >= 0.6 is 11.6 Å². The van der Waals surface area contributed by atoms with Gasteiger partial charge in [-0.05, 0) is 41.8 Å². The Balaban J connectivity index is 1.75. The lowest BCUT2D eigenvalue weighted by Gasteiger charge is -2.14. The molecule has 0 unspecified atom stereocenters. The average Bonchev–Trinajstić information content (AvgIpc) is 2.73. The molecule has 7 heteroatoms. The summed E-state index contributed by atoms with van der Waals surface area (Å²) in [5, 5.41) is 2.89. The summed E-state index contributed by atoms with van der Waals surface area (Å²) in [7, 11) is -3.94. The Morgan fingerprint density at radius 3 is 2.24 bits per heavy atom. The molecule has 1 atom stereocenters. The summed E-state index contributed by atoms with van der Waals surface area (Å²) < 4.78 is 27.9. The van der Waals surface area contributed by atoms with Crippen LogP contribution in [0.3, 0.4) is 0 Å². The maximum Gasteiger partial charge on any atom is 0.263 e. The molecule has 3 rings (SSSR count). The van der Waals surface area contributed by atoms with Crippen LogP contribution in [0.4, 0.5) is 5.69 Å². The molecule has 3 aromatic rings. The van der Waals surface area contributed by atoms with Gasteiger partial charge in [-0.3, -0.25) is 9.52 Å². The van der Waals surface area contributed by atoms with Crippen molar-refractivity contribution in [1.82, 2.24) is 5.32 Å². The molecule has 1 amide bonds. The number of amides is 1. The summed E-state index contributed by atoms with van der Waals surface area (Å²) in [6, 6.07) is 22.5. The smallest absolute Gasteiger partial charge is 0.263 e. The van der Waals surface area contributed by atoms with E-state index >= 15 is 0 Å². The maximum atomic E-state index is 12.7. The van der Waals surface area contributed by atoms with Gasteiger partial charge in [-0.25, -0.2) is 8.42 Å². The maximum absolute atomic E-state index is 12.7. The normalized spacial score (nSPS) is 12.2. The predicted octanol–water partition coefficient (Wildman–Crippen LogP) is 4.67. The number of carbonyl (C=O) groups is 1. The second-order valence-corrected chi connectivity index (χ2v) is 8.70. The molecule has 0 radical (unpaired) electrons. The third-order valence-electron chi connectivity index (χ3n) is 4.45. The molecular formula is C22H21ClN2O3S. The van der Waals surface area contributed by atoms with Crippen LogP contribution in [-0.4, -0.2) is 20.9 Å². The quantitative estimate of drug-likeness (QED) is 0.574. The molecule has 3 aromatic carbocycles. The lowest BCUT2D eigenvalue weighted by atomic mass is 10.0. The van der Waals surface area contributed by atoms with Crippen molar-refractivity contribution in [3.8, 4) is 0 Å². The van der Waals surface area contributed by atoms with Crippen molar-refractivity contribution in [1.29, 1.82) is 0 Å². The molecule has 0 fully saturated rings. The summed E-state index contributed by atoms with van der Waals surface area (Å²) in [5.74, 6) is -0.240. The topological polar surface area (TPSA) is 75.3 Å². The average molecular weight is 429 g/mol. The minimum absolute atomic E-state index is 0.0441. The molecule has 5 nitrogen and oxygen atoms in total. The number of para-hydroxylation sites is 1. The Labute approximate surface area is 175 Å². The zero-order valence-electron chi connectivity index (χ0n) is 15.8. The number of hydrogen-bond acceptors (Lipinski definition) is 3. The summed E-state index contributed by atoms with van der Waals surface area (Å²) in [6.07, 6.45) is 0. The Morgan fingerprint density at radius 1 is 0.966 bits per heavy atom. The highest BCUT2D eigenvalue weighted by molar-refractivity contribution is 7.92. The number of sulfonamides is 1. The van der Waals surface area contributed by atoms with Crippen LogP contribution in [0, 0.1) is 0 Å². The Bertz CT molecular complexity index is 1090. The highest BCUT2D eigenvalue weighted by atomic mass is 35.5. The second-order valence-electron chi connectivity index (χ2n) is 6.64. The fourth-order valence-electron chi connectivity index (χ4n) is 2.81. The van der Waals surface area contributed by atoms with Crippen molar-refractivity contribution in [2.45, 2.75) is 17.7 Å². The first-order valence-corrected chi connectivity index (χ1v) is 10.9. The van der Waals surface area contributed by atoms with Crippen LogP contribution in [0.5, 0.6) is 0 Å². The molecule has 0 spiro atoms. The van der Waals surface area contributed by atoms with Crippen LogP contribution in [0.1, 0.15) is 28.8 Å². The van der Waals surface area contributed by atoms with Gasteiger partial charge < -0.3 is 5.32 Å². The van der Waals surface area contributed by atoms with E-state index < -0.39 is 10.0 Å². The summed E-state index contributed by atoms with van der Waals surface area (Å²) in [6.45, 7) is 2.44. The van der Waals surface area contributed by atoms with Gasteiger partial charge in [0, 0.05) is 17.8 Å². The molecule has 2 N–H and O–H groups in total. The third kappa shape index (κ3) is 5.37. The van der Waals surface area contributed by atoms with Gasteiger partial charge in [0.2, 0.25) is 0 Å². The highest BCUT2D eigenvalue weighted by Gasteiger charge is 2.20. The fourth-order valence-corrected chi connectivity index (χ4v) is 4.40. The minimum Gasteiger partial charge on any atom is -0.351 e. The van der Waals surface area contributed by atoms with E-state index in [-0.39, 0.29) is 27.3 Å². The number of nitrogens with one attached hydrogen (secondary N) is 2. The lowest BCUT2D eigenvalue weighted by molar-refractivity contribution is 0.0951. The summed E-state index contributed by atoms with van der Waals surface area (Å²) in [4.78, 5) is 12.4. The summed E-state index contributed by atoms with van der Waals surface area (Å²) >= 11 is 6.11. The van der Waals surface area contributed by atoms with Crippen molar-refractivity contribution in [3.05, 3.63) is 95.0 Å². The number of carbonyl (C=O) groups excluding carboxylic acids is 1. The van der Waals surface area contributed by atoms with Crippen LogP contribution < -0.4 is 10.0 Å². The van der Waals surface area contributed by atoms with Gasteiger partial charge in [0.25, 0.3) is 15.9 Å². The highest BCUT2D eigenvalue weighted by Crippen LogP contribution is 2.25. The van der Waals surface area contributed by atoms with Gasteiger partial charge in [0.05, 0.1) is 5.02 Å². The molecular weight excluding hydrogens is 408 g/mol. The minimum atomic E-state index is -3.94. The van der Waals surface area contributed by atoms with E-state index in [1.807, 2.05) is 37.3 Å². The molecule has 0 bridgehead atoms. The first kappa shape index (κ1) is 20.9. The number of anilines is 1. The van der Waals surface area contributed by atoms with E-state index in [0.29, 0.717) is 12.2 Å². The van der Waals surface area contributed by atoms with Crippen molar-refractivity contribution in [2.75, 3.05) is 11.3 Å². The van der Waals surface area contributed by atoms with Crippen LogP contribution in [-0.2, 0) is 10.0 Å². The molecule has 0 aliphatic carbocycles. The molecule has 0 saturated heterocycles. The third-order valence-corrected chi connectivity index (χ3v) is 6.31. The molecule has 0 aliphatic rings. The zero-order valence-corrected chi connectivity index (χ0v) is 17.4. The van der Waals surface area contributed by atoms with Crippen molar-refractivity contribution >= 4 is 33.2 Å². The van der Waals surface area contributed by atoms with E-state index in [2.05, 4.69) is 10.0 Å². The monoisotopic (exact) mass is 428 g/mol. The summed E-state index contributed by atoms with van der Waals surface area (Å²) in [5.41, 5.74) is 1.75. The number of rotatable bonds is 7. The van der Waals surface area contributed by atoms with Crippen LogP contribution in [0.25, 0.3) is 0 Å². The fraction of sp³-hybridized carbons (Fsp3) is 0.136. The molecule has 0 aliphatic heterocycles. The van der Waals surface area contributed by atoms with Gasteiger partial charge in [-0.1, -0.05) is 67.1 Å². The van der Waals surface area contributed by atoms with E-state index in [0.717, 1.165) is 5.56 Å². The Kier molecular flexibility index (Phi) is 6.56. The lowest BCUT2D eigenvalue weighted by Crippen LogP contribution is -2.27. The first-order valence-electron chi connectivity index (χ1n) is 9.07. The number of hydrogen-bond donors (Lipinski definition) is 2. The Morgan fingerprint density at radius 2 is 1.59 bits per heavy atom. The molecule has 150 valence electrons. The van der Waals surface area contributed by atoms with Gasteiger partial charge in [-0.15, -0.1) is 0 Å². The van der Waals surface area contributed by atoms with E-state index in [9.17, 15) is 13.2 Å². The predicted molar refractivity (Wildman–Crippen MR) is 116 cm³/mol. The molecule has 0 aromatic heterocycles. The van der Waals surface area contributed by atoms with Crippen LogP contribution in [0.2, 0.25) is 5.02 Å². The van der Waals surface area contributed by atoms with Crippen molar-refractivity contribution in [2.24, 2.45) is 0 Å². The van der Waals surface area contributed by atoms with Gasteiger partial charge in [-0.2, -0.15) is 0 Å². The standard InChI is InChI=1S/C22H21ClN2O3S/c1-16(17-8-4-2-5-9-17)15-24-22(26)18-12-13-20(23)21(14-18)29(27,28)25-19-10-6-3-7-11-19/h2-14,16,25H,15H2,1H3,(H,24,26)/t16-/m0/s1. The SMILES string of the molecule is C[C@@H](CNC(=O)c1ccc(Cl)c(S(=O)(=O)Nc2ccccc2)c1)c1ccccc1. The number of halogens is 1.